The Hall–Kier alpha value is -4.26. The van der Waals surface area contributed by atoms with Gasteiger partial charge in [-0.3, -0.25) is 0 Å². The van der Waals surface area contributed by atoms with E-state index in [9.17, 15) is 23.4 Å². The van der Waals surface area contributed by atoms with Crippen molar-refractivity contribution >= 4 is 11.6 Å². The van der Waals surface area contributed by atoms with Gasteiger partial charge in [0.1, 0.15) is 30.2 Å². The molecule has 1 fully saturated rings. The van der Waals surface area contributed by atoms with Crippen LogP contribution in [0.15, 0.2) is 133 Å². The lowest BCUT2D eigenvalue weighted by Gasteiger charge is -2.50. The molecule has 1 aliphatic rings. The minimum atomic E-state index is -4.45. The van der Waals surface area contributed by atoms with E-state index in [1.165, 1.54) is 12.1 Å². The summed E-state index contributed by atoms with van der Waals surface area (Å²) in [6.07, 6.45) is -8.20. The summed E-state index contributed by atoms with van der Waals surface area (Å²) in [7, 11) is 0. The van der Waals surface area contributed by atoms with Crippen LogP contribution in [0, 0.1) is 0 Å². The number of alkyl halides is 3. The molecule has 0 saturated carbocycles. The van der Waals surface area contributed by atoms with Gasteiger partial charge in [0.15, 0.2) is 6.61 Å². The Labute approximate surface area is 311 Å². The fourth-order valence-corrected chi connectivity index (χ4v) is 6.44. The molecule has 0 amide bonds. The highest BCUT2D eigenvalue weighted by Crippen LogP contribution is 2.42. The Morgan fingerprint density at radius 2 is 1.19 bits per heavy atom. The Bertz CT molecular complexity index is 1860. The molecule has 11 heteroatoms. The second-order valence-corrected chi connectivity index (χ2v) is 13.2. The molecule has 6 rings (SSSR count). The molecule has 5 atom stereocenters. The highest BCUT2D eigenvalue weighted by Gasteiger charge is 2.57. The molecule has 1 aliphatic heterocycles. The number of rotatable bonds is 15. The molecule has 7 nitrogen and oxygen atoms in total. The minimum absolute atomic E-state index is 0.0786. The molecule has 5 aromatic carbocycles. The van der Waals surface area contributed by atoms with Crippen LogP contribution in [0.3, 0.4) is 0 Å². The fraction of sp³-hybridized carbons (Fsp3) is 0.286. The Balaban J connectivity index is 1.34. The van der Waals surface area contributed by atoms with Crippen molar-refractivity contribution in [3.8, 4) is 5.75 Å². The van der Waals surface area contributed by atoms with E-state index in [-0.39, 0.29) is 32.0 Å². The summed E-state index contributed by atoms with van der Waals surface area (Å²) in [6.45, 7) is -1.45. The van der Waals surface area contributed by atoms with Crippen molar-refractivity contribution in [3.63, 3.8) is 0 Å². The molecular weight excluding hydrogens is 709 g/mol. The van der Waals surface area contributed by atoms with Gasteiger partial charge in [-0.15, -0.1) is 0 Å². The zero-order valence-electron chi connectivity index (χ0n) is 28.7. The highest BCUT2D eigenvalue weighted by molar-refractivity contribution is 6.31. The molecule has 278 valence electrons. The Morgan fingerprint density at radius 1 is 0.660 bits per heavy atom. The van der Waals surface area contributed by atoms with E-state index in [1.807, 2.05) is 91.0 Å². The van der Waals surface area contributed by atoms with Gasteiger partial charge in [-0.25, -0.2) is 0 Å². The van der Waals surface area contributed by atoms with Crippen molar-refractivity contribution in [1.29, 1.82) is 0 Å². The van der Waals surface area contributed by atoms with Crippen LogP contribution in [0.4, 0.5) is 13.2 Å². The quantitative estimate of drug-likeness (QED) is 0.112. The van der Waals surface area contributed by atoms with Crippen molar-refractivity contribution in [2.45, 2.75) is 62.6 Å². The first-order valence-corrected chi connectivity index (χ1v) is 17.5. The molecule has 0 bridgehead atoms. The molecule has 1 unspecified atom stereocenters. The lowest BCUT2D eigenvalue weighted by Crippen LogP contribution is -2.65. The van der Waals surface area contributed by atoms with E-state index in [0.29, 0.717) is 16.1 Å². The van der Waals surface area contributed by atoms with E-state index >= 15 is 0 Å². The molecular formula is C42H40ClF3O7. The molecule has 0 aliphatic carbocycles. The maximum atomic E-state index is 12.7. The van der Waals surface area contributed by atoms with Crippen molar-refractivity contribution < 1.29 is 47.1 Å². The van der Waals surface area contributed by atoms with Crippen LogP contribution >= 0.6 is 11.6 Å². The smallest absolute Gasteiger partial charge is 0.422 e. The Morgan fingerprint density at radius 3 is 1.72 bits per heavy atom. The van der Waals surface area contributed by atoms with E-state index in [0.717, 1.165) is 22.3 Å². The number of hydrogen-bond donors (Lipinski definition) is 2. The van der Waals surface area contributed by atoms with Gasteiger partial charge in [0, 0.05) is 10.6 Å². The standard InChI is InChI=1S/C42H40ClF3O7/c43-36-21-18-34(23-33(36)22-29-16-19-35(20-17-29)52-28-41(44,45)46)42(48)40(51-27-32-14-8-3-9-15-32)39(50-26-31-12-6-2-7-13-31)38(37(24-47)53-42)49-25-30-10-4-1-5-11-30/h1-21,23,37-40,47-48H,22,24-28H2/t37-,38-,39+,40-,42?/m1/s1. The number of aliphatic hydroxyl groups excluding tert-OH is 1. The van der Waals surface area contributed by atoms with Crippen LogP contribution in [0.5, 0.6) is 5.75 Å². The van der Waals surface area contributed by atoms with E-state index in [4.69, 9.17) is 35.3 Å². The second kappa shape index (κ2) is 17.7. The topological polar surface area (TPSA) is 86.6 Å². The van der Waals surface area contributed by atoms with Gasteiger partial charge in [0.25, 0.3) is 0 Å². The molecule has 0 aromatic heterocycles. The summed E-state index contributed by atoms with van der Waals surface area (Å²) in [5, 5.41) is 23.9. The molecule has 1 heterocycles. The predicted octanol–water partition coefficient (Wildman–Crippen LogP) is 8.16. The monoisotopic (exact) mass is 748 g/mol. The molecule has 1 saturated heterocycles. The first-order valence-electron chi connectivity index (χ1n) is 17.2. The van der Waals surface area contributed by atoms with Gasteiger partial charge in [-0.05, 0) is 58.5 Å². The third-order valence-corrected chi connectivity index (χ3v) is 9.28. The van der Waals surface area contributed by atoms with Crippen molar-refractivity contribution in [2.24, 2.45) is 0 Å². The molecule has 0 spiro atoms. The number of benzene rings is 5. The average Bonchev–Trinajstić information content (AvgIpc) is 3.17. The maximum Gasteiger partial charge on any atom is 0.422 e. The second-order valence-electron chi connectivity index (χ2n) is 12.8. The van der Waals surface area contributed by atoms with E-state index in [1.54, 1.807) is 30.3 Å². The van der Waals surface area contributed by atoms with Gasteiger partial charge in [0.2, 0.25) is 5.79 Å². The van der Waals surface area contributed by atoms with Crippen LogP contribution < -0.4 is 4.74 Å². The number of ether oxygens (including phenoxy) is 5. The molecule has 2 N–H and O–H groups in total. The van der Waals surface area contributed by atoms with Gasteiger partial charge < -0.3 is 33.9 Å². The van der Waals surface area contributed by atoms with Crippen molar-refractivity contribution in [2.75, 3.05) is 13.2 Å². The third-order valence-electron chi connectivity index (χ3n) is 8.91. The summed E-state index contributed by atoms with van der Waals surface area (Å²) < 4.78 is 68.9. The molecule has 0 radical (unpaired) electrons. The van der Waals surface area contributed by atoms with Crippen molar-refractivity contribution in [1.82, 2.24) is 0 Å². The van der Waals surface area contributed by atoms with Gasteiger partial charge >= 0.3 is 6.18 Å². The first-order chi connectivity index (χ1) is 25.6. The maximum absolute atomic E-state index is 12.7. The fourth-order valence-electron chi connectivity index (χ4n) is 6.25. The summed E-state index contributed by atoms with van der Waals surface area (Å²) >= 11 is 6.68. The zero-order valence-corrected chi connectivity index (χ0v) is 29.5. The van der Waals surface area contributed by atoms with Crippen LogP contribution in [0.25, 0.3) is 0 Å². The average molecular weight is 749 g/mol. The number of halogens is 4. The molecule has 5 aromatic rings. The van der Waals surface area contributed by atoms with E-state index < -0.39 is 49.6 Å². The number of aliphatic hydroxyl groups is 2. The predicted molar refractivity (Wildman–Crippen MR) is 193 cm³/mol. The third kappa shape index (κ3) is 10.2. The normalized spacial score (nSPS) is 21.7. The van der Waals surface area contributed by atoms with Crippen LogP contribution in [0.2, 0.25) is 5.02 Å². The first kappa shape index (κ1) is 38.5. The van der Waals surface area contributed by atoms with Crippen LogP contribution in [0.1, 0.15) is 33.4 Å². The van der Waals surface area contributed by atoms with Gasteiger partial charge in [-0.1, -0.05) is 121 Å². The van der Waals surface area contributed by atoms with Gasteiger partial charge in [-0.2, -0.15) is 13.2 Å². The van der Waals surface area contributed by atoms with Gasteiger partial charge in [0.05, 0.1) is 26.4 Å². The highest BCUT2D eigenvalue weighted by atomic mass is 35.5. The van der Waals surface area contributed by atoms with Crippen LogP contribution in [-0.4, -0.2) is 54.0 Å². The largest absolute Gasteiger partial charge is 0.484 e. The molecule has 53 heavy (non-hydrogen) atoms. The van der Waals surface area contributed by atoms with E-state index in [2.05, 4.69) is 0 Å². The number of hydrogen-bond acceptors (Lipinski definition) is 7. The summed E-state index contributed by atoms with van der Waals surface area (Å²) in [5.74, 6) is -2.08. The zero-order chi connectivity index (χ0) is 37.3. The SMILES string of the molecule is OC[C@H]1OC(O)(c2ccc(Cl)c(Cc3ccc(OCC(F)(F)F)cc3)c2)[C@H](OCc2ccccc2)[C@@H](OCc2ccccc2)[C@@H]1OCc1ccccc1. The Kier molecular flexibility index (Phi) is 12.9. The lowest BCUT2D eigenvalue weighted by atomic mass is 9.86. The summed E-state index contributed by atoms with van der Waals surface area (Å²) in [4.78, 5) is 0. The van der Waals surface area contributed by atoms with Crippen LogP contribution in [-0.2, 0) is 51.0 Å². The van der Waals surface area contributed by atoms with Crippen molar-refractivity contribution in [3.05, 3.63) is 172 Å². The summed E-state index contributed by atoms with van der Waals surface area (Å²) in [5.41, 5.74) is 4.28. The minimum Gasteiger partial charge on any atom is -0.484 e. The lowest BCUT2D eigenvalue weighted by molar-refractivity contribution is -0.377. The summed E-state index contributed by atoms with van der Waals surface area (Å²) in [6, 6.07) is 39.8.